The Morgan fingerprint density at radius 3 is 1.46 bits per heavy atom. The number of carboxylic acid groups (broad SMARTS) is 1. The summed E-state index contributed by atoms with van der Waals surface area (Å²) in [6.45, 7) is 4.69. The van der Waals surface area contributed by atoms with Gasteiger partial charge in [-0.1, -0.05) is 154 Å². The fourth-order valence-corrected chi connectivity index (χ4v) is 6.26. The van der Waals surface area contributed by atoms with E-state index in [0.29, 0.717) is 19.3 Å². The van der Waals surface area contributed by atoms with Gasteiger partial charge in [0.05, 0.1) is 34.4 Å². The molecule has 0 aromatic rings. The van der Waals surface area contributed by atoms with Gasteiger partial charge in [-0.15, -0.1) is 0 Å². The molecule has 52 heavy (non-hydrogen) atoms. The highest BCUT2D eigenvalue weighted by Gasteiger charge is 2.31. The van der Waals surface area contributed by atoms with Crippen molar-refractivity contribution < 1.29 is 38.2 Å². The van der Waals surface area contributed by atoms with Crippen LogP contribution in [-0.4, -0.2) is 80.6 Å². The highest BCUT2D eigenvalue weighted by molar-refractivity contribution is 5.72. The molecule has 0 rings (SSSR count). The number of rotatable bonds is 38. The maximum absolute atomic E-state index is 12.6. The van der Waals surface area contributed by atoms with Crippen LogP contribution in [0.15, 0.2) is 24.3 Å². The number of carboxylic acids is 1. The van der Waals surface area contributed by atoms with E-state index in [1.807, 2.05) is 21.1 Å². The van der Waals surface area contributed by atoms with Crippen molar-refractivity contribution in [2.75, 3.05) is 41.0 Å². The van der Waals surface area contributed by atoms with Crippen molar-refractivity contribution in [3.05, 3.63) is 24.3 Å². The molecule has 0 heterocycles. The lowest BCUT2D eigenvalue weighted by Crippen LogP contribution is -2.50. The molecule has 2 atom stereocenters. The predicted molar refractivity (Wildman–Crippen MR) is 215 cm³/mol. The summed E-state index contributed by atoms with van der Waals surface area (Å²) in [7, 11) is 5.52. The van der Waals surface area contributed by atoms with Crippen molar-refractivity contribution in [1.29, 1.82) is 0 Å². The first kappa shape index (κ1) is 49.8. The summed E-state index contributed by atoms with van der Waals surface area (Å²) in [4.78, 5) is 36.8. The molecule has 0 amide bonds. The van der Waals surface area contributed by atoms with Gasteiger partial charge in [0, 0.05) is 19.3 Å². The smallest absolute Gasteiger partial charge is 0.362 e. The Kier molecular flexibility index (Phi) is 34.3. The first-order valence-electron chi connectivity index (χ1n) is 21.4. The molecule has 0 aromatic carbocycles. The van der Waals surface area contributed by atoms with Crippen LogP contribution in [0.3, 0.4) is 0 Å². The largest absolute Gasteiger partial charge is 0.477 e. The van der Waals surface area contributed by atoms with E-state index in [1.165, 1.54) is 116 Å². The van der Waals surface area contributed by atoms with Crippen LogP contribution in [0.4, 0.5) is 0 Å². The topological polar surface area (TPSA) is 99.1 Å². The zero-order valence-electron chi connectivity index (χ0n) is 34.5. The molecule has 0 aliphatic heterocycles. The van der Waals surface area contributed by atoms with E-state index in [0.717, 1.165) is 38.5 Å². The number of esters is 2. The number of hydrogen-bond acceptors (Lipinski definition) is 6. The highest BCUT2D eigenvalue weighted by Crippen LogP contribution is 2.14. The Bertz CT molecular complexity index is 911. The number of carbonyl (C=O) groups excluding carboxylic acids is 2. The Labute approximate surface area is 320 Å². The number of carbonyl (C=O) groups is 3. The molecule has 0 aromatic heterocycles. The summed E-state index contributed by atoms with van der Waals surface area (Å²) in [5.41, 5.74) is 0. The Hall–Kier alpha value is -2.19. The van der Waals surface area contributed by atoms with E-state index in [9.17, 15) is 19.5 Å². The molecule has 0 saturated heterocycles. The number of nitrogens with zero attached hydrogens (tertiary/aromatic N) is 1. The molecule has 0 bridgehead atoms. The average Bonchev–Trinajstić information content (AvgIpc) is 3.09. The van der Waals surface area contributed by atoms with Crippen molar-refractivity contribution in [2.45, 2.75) is 199 Å². The number of hydrogen-bond donors (Lipinski definition) is 1. The van der Waals surface area contributed by atoms with Gasteiger partial charge in [-0.05, 0) is 38.5 Å². The first-order valence-corrected chi connectivity index (χ1v) is 21.4. The molecule has 1 N–H and O–H groups in total. The van der Waals surface area contributed by atoms with E-state index < -0.39 is 18.1 Å². The van der Waals surface area contributed by atoms with Gasteiger partial charge in [-0.25, -0.2) is 4.79 Å². The standard InChI is InChI=1S/C44H81NO7/c1-6-8-10-12-14-16-17-18-19-20-21-22-23-24-25-26-27-29-30-32-34-42(46)51-39-40(38-50-37-36-41(44(48)49)45(3,4)5)52-43(47)35-33-31-28-15-13-11-9-7-2/h16-19,40-41H,6-15,20-39H2,1-5H3/p+1/b17-16+,19-18+. The number of ether oxygens (including phenoxy) is 3. The van der Waals surface area contributed by atoms with Crippen LogP contribution in [0.5, 0.6) is 0 Å². The Balaban J connectivity index is 4.20. The fraction of sp³-hybridized carbons (Fsp3) is 0.841. The van der Waals surface area contributed by atoms with Crippen molar-refractivity contribution >= 4 is 17.9 Å². The van der Waals surface area contributed by atoms with E-state index >= 15 is 0 Å². The molecule has 0 aliphatic carbocycles. The van der Waals surface area contributed by atoms with Crippen molar-refractivity contribution in [1.82, 2.24) is 0 Å². The van der Waals surface area contributed by atoms with Gasteiger partial charge in [0.25, 0.3) is 0 Å². The van der Waals surface area contributed by atoms with Crippen LogP contribution in [-0.2, 0) is 28.6 Å². The molecule has 8 heteroatoms. The lowest BCUT2D eigenvalue weighted by Gasteiger charge is -2.31. The van der Waals surface area contributed by atoms with Gasteiger partial charge in [-0.2, -0.15) is 0 Å². The minimum absolute atomic E-state index is 0.0494. The monoisotopic (exact) mass is 737 g/mol. The molecule has 8 nitrogen and oxygen atoms in total. The van der Waals surface area contributed by atoms with E-state index in [2.05, 4.69) is 38.2 Å². The Morgan fingerprint density at radius 2 is 1.00 bits per heavy atom. The Morgan fingerprint density at radius 1 is 0.577 bits per heavy atom. The lowest BCUT2D eigenvalue weighted by molar-refractivity contribution is -0.887. The van der Waals surface area contributed by atoms with Crippen molar-refractivity contribution in [3.63, 3.8) is 0 Å². The lowest BCUT2D eigenvalue weighted by atomic mass is 10.1. The second-order valence-corrected chi connectivity index (χ2v) is 15.6. The zero-order chi connectivity index (χ0) is 38.5. The number of aliphatic carboxylic acids is 1. The van der Waals surface area contributed by atoms with Gasteiger partial charge in [0.1, 0.15) is 6.61 Å². The summed E-state index contributed by atoms with van der Waals surface area (Å²) < 4.78 is 17.2. The number of allylic oxidation sites excluding steroid dienone is 4. The van der Waals surface area contributed by atoms with Gasteiger partial charge in [0.2, 0.25) is 0 Å². The van der Waals surface area contributed by atoms with Crippen LogP contribution in [0.2, 0.25) is 0 Å². The average molecular weight is 737 g/mol. The third kappa shape index (κ3) is 33.6. The van der Waals surface area contributed by atoms with E-state index in [4.69, 9.17) is 14.2 Å². The molecule has 304 valence electrons. The van der Waals surface area contributed by atoms with Crippen LogP contribution >= 0.6 is 0 Å². The van der Waals surface area contributed by atoms with Crippen LogP contribution < -0.4 is 0 Å². The first-order chi connectivity index (χ1) is 25.1. The van der Waals surface area contributed by atoms with Gasteiger partial charge in [0.15, 0.2) is 12.1 Å². The van der Waals surface area contributed by atoms with Gasteiger partial charge in [-0.3, -0.25) is 9.59 Å². The minimum Gasteiger partial charge on any atom is -0.477 e. The summed E-state index contributed by atoms with van der Waals surface area (Å²) in [6, 6.07) is -0.610. The maximum atomic E-state index is 12.6. The second-order valence-electron chi connectivity index (χ2n) is 15.6. The molecular weight excluding hydrogens is 654 g/mol. The normalized spacial score (nSPS) is 13.2. The summed E-state index contributed by atoms with van der Waals surface area (Å²) >= 11 is 0. The van der Waals surface area contributed by atoms with Crippen LogP contribution in [0.1, 0.15) is 187 Å². The maximum Gasteiger partial charge on any atom is 0.362 e. The van der Waals surface area contributed by atoms with Gasteiger partial charge < -0.3 is 23.8 Å². The van der Waals surface area contributed by atoms with Gasteiger partial charge >= 0.3 is 17.9 Å². The molecule has 0 aliphatic rings. The van der Waals surface area contributed by atoms with E-state index in [1.54, 1.807) is 0 Å². The molecule has 0 saturated carbocycles. The summed E-state index contributed by atoms with van der Waals surface area (Å²) in [5.74, 6) is -1.47. The SMILES string of the molecule is CCCCCC/C=C/C=C/CCCCCCCCCCCCC(=O)OCC(COCCC(C(=O)O)[N+](C)(C)C)OC(=O)CCCCCCCCCC. The zero-order valence-corrected chi connectivity index (χ0v) is 34.5. The van der Waals surface area contributed by atoms with Crippen molar-refractivity contribution in [3.8, 4) is 0 Å². The highest BCUT2D eigenvalue weighted by atomic mass is 16.6. The third-order valence-corrected chi connectivity index (χ3v) is 9.63. The molecular formula is C44H82NO7+. The molecule has 0 fully saturated rings. The fourth-order valence-electron chi connectivity index (χ4n) is 6.26. The van der Waals surface area contributed by atoms with Crippen LogP contribution in [0, 0.1) is 0 Å². The molecule has 0 spiro atoms. The molecule has 2 unspecified atom stereocenters. The second kappa shape index (κ2) is 35.8. The number of quaternary nitrogens is 1. The molecule has 0 radical (unpaired) electrons. The summed E-state index contributed by atoms with van der Waals surface area (Å²) in [6.07, 6.45) is 38.0. The van der Waals surface area contributed by atoms with E-state index in [-0.39, 0.29) is 36.2 Å². The number of likely N-dealkylation sites (N-methyl/N-ethyl adjacent to an activating group) is 1. The minimum atomic E-state index is -0.875. The van der Waals surface area contributed by atoms with Crippen LogP contribution in [0.25, 0.3) is 0 Å². The summed E-state index contributed by atoms with van der Waals surface area (Å²) in [5, 5.41) is 9.58. The van der Waals surface area contributed by atoms with Crippen molar-refractivity contribution in [2.24, 2.45) is 0 Å². The number of unbranched alkanes of at least 4 members (excludes halogenated alkanes) is 21. The third-order valence-electron chi connectivity index (χ3n) is 9.63. The predicted octanol–water partition coefficient (Wildman–Crippen LogP) is 11.3. The quantitative estimate of drug-likeness (QED) is 0.0291.